The van der Waals surface area contributed by atoms with Crippen molar-refractivity contribution in [1.29, 1.82) is 0 Å². The SMILES string of the molecule is CC(=O)NCc1cccc(NC(C)=O)c1. The summed E-state index contributed by atoms with van der Waals surface area (Å²) in [4.78, 5) is 21.5. The number of carbonyl (C=O) groups excluding carboxylic acids is 2. The van der Waals surface area contributed by atoms with Crippen molar-refractivity contribution in [3.05, 3.63) is 29.8 Å². The third-order valence-electron chi connectivity index (χ3n) is 1.79. The van der Waals surface area contributed by atoms with Crippen molar-refractivity contribution in [1.82, 2.24) is 5.32 Å². The first-order chi connectivity index (χ1) is 7.08. The average molecular weight is 206 g/mol. The van der Waals surface area contributed by atoms with E-state index in [0.717, 1.165) is 11.3 Å². The second-order valence-corrected chi connectivity index (χ2v) is 3.29. The molecular formula is C11H14N2O2. The Hall–Kier alpha value is -1.84. The molecule has 1 aromatic rings. The number of benzene rings is 1. The summed E-state index contributed by atoms with van der Waals surface area (Å²) in [6.45, 7) is 3.40. The Morgan fingerprint density at radius 2 is 1.93 bits per heavy atom. The van der Waals surface area contributed by atoms with Crippen LogP contribution in [-0.4, -0.2) is 11.8 Å². The molecule has 0 atom stereocenters. The molecule has 1 aromatic carbocycles. The third-order valence-corrected chi connectivity index (χ3v) is 1.79. The fourth-order valence-corrected chi connectivity index (χ4v) is 1.19. The van der Waals surface area contributed by atoms with Crippen molar-refractivity contribution in [3.8, 4) is 0 Å². The van der Waals surface area contributed by atoms with Gasteiger partial charge in [0.1, 0.15) is 0 Å². The Kier molecular flexibility index (Phi) is 3.85. The Morgan fingerprint density at radius 1 is 1.20 bits per heavy atom. The number of hydrogen-bond acceptors (Lipinski definition) is 2. The van der Waals surface area contributed by atoms with Gasteiger partial charge in [0.25, 0.3) is 0 Å². The van der Waals surface area contributed by atoms with Crippen LogP contribution in [0.3, 0.4) is 0 Å². The molecule has 4 nitrogen and oxygen atoms in total. The van der Waals surface area contributed by atoms with Crippen LogP contribution in [0.5, 0.6) is 0 Å². The molecule has 0 aromatic heterocycles. The first-order valence-electron chi connectivity index (χ1n) is 4.69. The van der Waals surface area contributed by atoms with Gasteiger partial charge < -0.3 is 10.6 Å². The number of nitrogens with one attached hydrogen (secondary N) is 2. The van der Waals surface area contributed by atoms with Gasteiger partial charge in [-0.1, -0.05) is 12.1 Å². The molecule has 0 aliphatic carbocycles. The van der Waals surface area contributed by atoms with E-state index >= 15 is 0 Å². The molecule has 2 amide bonds. The molecule has 0 radical (unpaired) electrons. The molecule has 0 fully saturated rings. The highest BCUT2D eigenvalue weighted by Gasteiger charge is 1.98. The van der Waals surface area contributed by atoms with Gasteiger partial charge in [0, 0.05) is 26.1 Å². The number of anilines is 1. The molecule has 0 saturated heterocycles. The molecule has 80 valence electrons. The quantitative estimate of drug-likeness (QED) is 0.782. The summed E-state index contributed by atoms with van der Waals surface area (Å²) in [6, 6.07) is 7.36. The summed E-state index contributed by atoms with van der Waals surface area (Å²) < 4.78 is 0. The lowest BCUT2D eigenvalue weighted by molar-refractivity contribution is -0.119. The van der Waals surface area contributed by atoms with Crippen LogP contribution in [0.4, 0.5) is 5.69 Å². The number of carbonyl (C=O) groups is 2. The van der Waals surface area contributed by atoms with E-state index in [1.54, 1.807) is 6.07 Å². The van der Waals surface area contributed by atoms with Gasteiger partial charge in [0.15, 0.2) is 0 Å². The van der Waals surface area contributed by atoms with Crippen molar-refractivity contribution < 1.29 is 9.59 Å². The summed E-state index contributed by atoms with van der Waals surface area (Å²) in [6.07, 6.45) is 0. The second kappa shape index (κ2) is 5.14. The molecule has 15 heavy (non-hydrogen) atoms. The van der Waals surface area contributed by atoms with Crippen LogP contribution in [0, 0.1) is 0 Å². The standard InChI is InChI=1S/C11H14N2O2/c1-8(14)12-7-10-4-3-5-11(6-10)13-9(2)15/h3-6H,7H2,1-2H3,(H,12,14)(H,13,15). The summed E-state index contributed by atoms with van der Waals surface area (Å²) in [5.41, 5.74) is 1.70. The maximum atomic E-state index is 10.8. The van der Waals surface area contributed by atoms with E-state index < -0.39 is 0 Å². The van der Waals surface area contributed by atoms with Crippen LogP contribution in [0.1, 0.15) is 19.4 Å². The molecule has 0 spiro atoms. The van der Waals surface area contributed by atoms with E-state index in [1.165, 1.54) is 13.8 Å². The van der Waals surface area contributed by atoms with Crippen LogP contribution in [0.25, 0.3) is 0 Å². The first kappa shape index (κ1) is 11.2. The molecule has 0 heterocycles. The highest BCUT2D eigenvalue weighted by molar-refractivity contribution is 5.88. The first-order valence-corrected chi connectivity index (χ1v) is 4.69. The molecule has 0 unspecified atom stereocenters. The van der Waals surface area contributed by atoms with Crippen molar-refractivity contribution in [2.45, 2.75) is 20.4 Å². The van der Waals surface area contributed by atoms with Crippen molar-refractivity contribution in [2.24, 2.45) is 0 Å². The molecule has 0 saturated carbocycles. The van der Waals surface area contributed by atoms with E-state index in [9.17, 15) is 9.59 Å². The minimum absolute atomic E-state index is 0.0695. The fraction of sp³-hybridized carbons (Fsp3) is 0.273. The maximum absolute atomic E-state index is 10.8. The van der Waals surface area contributed by atoms with Crippen molar-refractivity contribution in [3.63, 3.8) is 0 Å². The monoisotopic (exact) mass is 206 g/mol. The average Bonchev–Trinajstić information content (AvgIpc) is 2.14. The highest BCUT2D eigenvalue weighted by atomic mass is 16.2. The van der Waals surface area contributed by atoms with Gasteiger partial charge in [0.2, 0.25) is 11.8 Å². The van der Waals surface area contributed by atoms with Crippen molar-refractivity contribution in [2.75, 3.05) is 5.32 Å². The summed E-state index contributed by atoms with van der Waals surface area (Å²) in [5.74, 6) is -0.174. The maximum Gasteiger partial charge on any atom is 0.221 e. The van der Waals surface area contributed by atoms with E-state index in [4.69, 9.17) is 0 Å². The van der Waals surface area contributed by atoms with Crippen molar-refractivity contribution >= 4 is 17.5 Å². The zero-order valence-corrected chi connectivity index (χ0v) is 8.83. The number of rotatable bonds is 3. The number of amides is 2. The molecule has 0 bridgehead atoms. The van der Waals surface area contributed by atoms with Gasteiger partial charge in [0.05, 0.1) is 0 Å². The minimum Gasteiger partial charge on any atom is -0.352 e. The van der Waals surface area contributed by atoms with Crippen LogP contribution in [0.2, 0.25) is 0 Å². The molecule has 2 N–H and O–H groups in total. The second-order valence-electron chi connectivity index (χ2n) is 3.29. The molecule has 4 heteroatoms. The van der Waals surface area contributed by atoms with Gasteiger partial charge in [-0.3, -0.25) is 9.59 Å². The van der Waals surface area contributed by atoms with E-state index in [0.29, 0.717) is 6.54 Å². The predicted octanol–water partition coefficient (Wildman–Crippen LogP) is 1.28. The largest absolute Gasteiger partial charge is 0.352 e. The Bertz CT molecular complexity index is 375. The van der Waals surface area contributed by atoms with Gasteiger partial charge in [-0.05, 0) is 17.7 Å². The van der Waals surface area contributed by atoms with Gasteiger partial charge in [-0.2, -0.15) is 0 Å². The third kappa shape index (κ3) is 4.26. The highest BCUT2D eigenvalue weighted by Crippen LogP contribution is 2.10. The Labute approximate surface area is 88.7 Å². The smallest absolute Gasteiger partial charge is 0.221 e. The lowest BCUT2D eigenvalue weighted by Crippen LogP contribution is -2.19. The minimum atomic E-state index is -0.105. The zero-order valence-electron chi connectivity index (χ0n) is 8.83. The van der Waals surface area contributed by atoms with Gasteiger partial charge in [-0.25, -0.2) is 0 Å². The summed E-state index contributed by atoms with van der Waals surface area (Å²) in [7, 11) is 0. The van der Waals surface area contributed by atoms with Crippen LogP contribution >= 0.6 is 0 Å². The lowest BCUT2D eigenvalue weighted by Gasteiger charge is -2.05. The van der Waals surface area contributed by atoms with E-state index in [-0.39, 0.29) is 11.8 Å². The molecule has 1 rings (SSSR count). The molecule has 0 aliphatic rings. The number of hydrogen-bond donors (Lipinski definition) is 2. The lowest BCUT2D eigenvalue weighted by atomic mass is 10.2. The van der Waals surface area contributed by atoms with E-state index in [1.807, 2.05) is 18.2 Å². The molecule has 0 aliphatic heterocycles. The topological polar surface area (TPSA) is 58.2 Å². The van der Waals surface area contributed by atoms with Gasteiger partial charge in [-0.15, -0.1) is 0 Å². The normalized spacial score (nSPS) is 9.47. The summed E-state index contributed by atoms with van der Waals surface area (Å²) in [5, 5.41) is 5.37. The van der Waals surface area contributed by atoms with Crippen LogP contribution < -0.4 is 10.6 Å². The fourth-order valence-electron chi connectivity index (χ4n) is 1.19. The van der Waals surface area contributed by atoms with E-state index in [2.05, 4.69) is 10.6 Å². The predicted molar refractivity (Wildman–Crippen MR) is 58.3 cm³/mol. The van der Waals surface area contributed by atoms with Gasteiger partial charge >= 0.3 is 0 Å². The molecular weight excluding hydrogens is 192 g/mol. The van der Waals surface area contributed by atoms with Crippen LogP contribution in [-0.2, 0) is 16.1 Å². The summed E-state index contributed by atoms with van der Waals surface area (Å²) >= 11 is 0. The van der Waals surface area contributed by atoms with Crippen LogP contribution in [0.15, 0.2) is 24.3 Å². The Balaban J connectivity index is 2.65. The zero-order chi connectivity index (χ0) is 11.3. The Morgan fingerprint density at radius 3 is 2.53 bits per heavy atom.